The van der Waals surface area contributed by atoms with E-state index in [2.05, 4.69) is 15.9 Å². The van der Waals surface area contributed by atoms with Crippen molar-refractivity contribution in [2.45, 2.75) is 32.0 Å². The molecule has 16 heavy (non-hydrogen) atoms. The zero-order valence-corrected chi connectivity index (χ0v) is 11.3. The second kappa shape index (κ2) is 5.17. The number of aliphatic hydroxyl groups excluding tert-OH is 1. The van der Waals surface area contributed by atoms with Crippen LogP contribution in [0.4, 0.5) is 0 Å². The SMILES string of the molecule is COc1ccc(Br)cc1CC(O)C(C)(C)O. The number of aliphatic hydroxyl groups is 2. The van der Waals surface area contributed by atoms with Crippen LogP contribution in [0.5, 0.6) is 5.75 Å². The van der Waals surface area contributed by atoms with Gasteiger partial charge in [-0.1, -0.05) is 15.9 Å². The van der Waals surface area contributed by atoms with Gasteiger partial charge in [0.25, 0.3) is 0 Å². The van der Waals surface area contributed by atoms with Gasteiger partial charge in [0.05, 0.1) is 18.8 Å². The molecule has 0 aromatic heterocycles. The van der Waals surface area contributed by atoms with Crippen LogP contribution < -0.4 is 4.74 Å². The van der Waals surface area contributed by atoms with Crippen molar-refractivity contribution >= 4 is 15.9 Å². The predicted octanol–water partition coefficient (Wildman–Crippen LogP) is 2.13. The summed E-state index contributed by atoms with van der Waals surface area (Å²) < 4.78 is 6.12. The van der Waals surface area contributed by atoms with Crippen LogP contribution in [-0.2, 0) is 6.42 Å². The Morgan fingerprint density at radius 2 is 2.06 bits per heavy atom. The largest absolute Gasteiger partial charge is 0.496 e. The minimum absolute atomic E-state index is 0.353. The molecular formula is C12H17BrO3. The summed E-state index contributed by atoms with van der Waals surface area (Å²) in [5.41, 5.74) is -0.251. The topological polar surface area (TPSA) is 49.7 Å². The van der Waals surface area contributed by atoms with Gasteiger partial charge in [0.2, 0.25) is 0 Å². The van der Waals surface area contributed by atoms with Gasteiger partial charge in [-0.2, -0.15) is 0 Å². The number of benzene rings is 1. The molecule has 0 saturated carbocycles. The van der Waals surface area contributed by atoms with Crippen LogP contribution in [0.1, 0.15) is 19.4 Å². The van der Waals surface area contributed by atoms with Gasteiger partial charge in [-0.05, 0) is 37.6 Å². The molecular weight excluding hydrogens is 272 g/mol. The lowest BCUT2D eigenvalue weighted by Gasteiger charge is -2.25. The van der Waals surface area contributed by atoms with E-state index >= 15 is 0 Å². The molecule has 0 heterocycles. The van der Waals surface area contributed by atoms with E-state index in [1.165, 1.54) is 0 Å². The van der Waals surface area contributed by atoms with E-state index in [1.807, 2.05) is 18.2 Å². The lowest BCUT2D eigenvalue weighted by atomic mass is 9.95. The summed E-state index contributed by atoms with van der Waals surface area (Å²) in [6, 6.07) is 5.59. The number of rotatable bonds is 4. The van der Waals surface area contributed by atoms with Crippen molar-refractivity contribution in [3.63, 3.8) is 0 Å². The number of hydrogen-bond acceptors (Lipinski definition) is 3. The van der Waals surface area contributed by atoms with E-state index in [4.69, 9.17) is 4.74 Å². The molecule has 90 valence electrons. The maximum absolute atomic E-state index is 9.83. The van der Waals surface area contributed by atoms with Crippen molar-refractivity contribution in [2.75, 3.05) is 7.11 Å². The number of ether oxygens (including phenoxy) is 1. The van der Waals surface area contributed by atoms with Crippen molar-refractivity contribution < 1.29 is 14.9 Å². The van der Waals surface area contributed by atoms with Crippen molar-refractivity contribution in [3.05, 3.63) is 28.2 Å². The molecule has 0 spiro atoms. The summed E-state index contributed by atoms with van der Waals surface area (Å²) in [6.45, 7) is 3.17. The van der Waals surface area contributed by atoms with E-state index in [0.717, 1.165) is 10.0 Å². The van der Waals surface area contributed by atoms with Gasteiger partial charge in [0.1, 0.15) is 5.75 Å². The van der Waals surface area contributed by atoms with Crippen LogP contribution in [0.25, 0.3) is 0 Å². The molecule has 0 saturated heterocycles. The van der Waals surface area contributed by atoms with Crippen molar-refractivity contribution in [3.8, 4) is 5.75 Å². The van der Waals surface area contributed by atoms with Crippen LogP contribution in [0.3, 0.4) is 0 Å². The fraction of sp³-hybridized carbons (Fsp3) is 0.500. The van der Waals surface area contributed by atoms with E-state index in [0.29, 0.717) is 12.2 Å². The fourth-order valence-corrected chi connectivity index (χ4v) is 1.77. The molecule has 0 aliphatic rings. The third-order valence-corrected chi connectivity index (χ3v) is 2.96. The van der Waals surface area contributed by atoms with Gasteiger partial charge in [-0.25, -0.2) is 0 Å². The monoisotopic (exact) mass is 288 g/mol. The van der Waals surface area contributed by atoms with Crippen LogP contribution >= 0.6 is 15.9 Å². The first kappa shape index (κ1) is 13.5. The normalized spacial score (nSPS) is 13.6. The van der Waals surface area contributed by atoms with Crippen LogP contribution in [0.15, 0.2) is 22.7 Å². The maximum atomic E-state index is 9.83. The Balaban J connectivity index is 2.91. The molecule has 0 fully saturated rings. The van der Waals surface area contributed by atoms with Gasteiger partial charge < -0.3 is 14.9 Å². The molecule has 0 aliphatic heterocycles. The standard InChI is InChI=1S/C12H17BrO3/c1-12(2,15)11(14)7-8-6-9(13)4-5-10(8)16-3/h4-6,11,14-15H,7H2,1-3H3. The molecule has 4 heteroatoms. The molecule has 3 nitrogen and oxygen atoms in total. The van der Waals surface area contributed by atoms with E-state index in [-0.39, 0.29) is 0 Å². The smallest absolute Gasteiger partial charge is 0.122 e. The Hall–Kier alpha value is -0.580. The quantitative estimate of drug-likeness (QED) is 0.892. The van der Waals surface area contributed by atoms with Crippen molar-refractivity contribution in [1.29, 1.82) is 0 Å². The lowest BCUT2D eigenvalue weighted by Crippen LogP contribution is -2.37. The Labute approximate surface area is 104 Å². The van der Waals surface area contributed by atoms with Crippen LogP contribution in [0.2, 0.25) is 0 Å². The summed E-state index contributed by atoms with van der Waals surface area (Å²) in [6.07, 6.45) is -0.470. The molecule has 1 rings (SSSR count). The van der Waals surface area contributed by atoms with Gasteiger partial charge in [-0.3, -0.25) is 0 Å². The van der Waals surface area contributed by atoms with Gasteiger partial charge in [0.15, 0.2) is 0 Å². The molecule has 1 atom stereocenters. The van der Waals surface area contributed by atoms with E-state index in [9.17, 15) is 10.2 Å². The molecule has 0 aliphatic carbocycles. The number of halogens is 1. The van der Waals surface area contributed by atoms with Crippen LogP contribution in [-0.4, -0.2) is 29.0 Å². The number of methoxy groups -OCH3 is 1. The van der Waals surface area contributed by atoms with Crippen LogP contribution in [0, 0.1) is 0 Å². The van der Waals surface area contributed by atoms with Crippen molar-refractivity contribution in [1.82, 2.24) is 0 Å². The highest BCUT2D eigenvalue weighted by Gasteiger charge is 2.25. The molecule has 0 bridgehead atoms. The van der Waals surface area contributed by atoms with Gasteiger partial charge >= 0.3 is 0 Å². The van der Waals surface area contributed by atoms with Gasteiger partial charge in [0, 0.05) is 10.9 Å². The summed E-state index contributed by atoms with van der Waals surface area (Å²) >= 11 is 3.37. The molecule has 1 unspecified atom stereocenters. The third kappa shape index (κ3) is 3.47. The minimum Gasteiger partial charge on any atom is -0.496 e. The fourth-order valence-electron chi connectivity index (χ4n) is 1.36. The van der Waals surface area contributed by atoms with E-state index in [1.54, 1.807) is 21.0 Å². The zero-order valence-electron chi connectivity index (χ0n) is 9.70. The first-order valence-corrected chi connectivity index (χ1v) is 5.86. The second-order valence-corrected chi connectivity index (χ2v) is 5.25. The Bertz CT molecular complexity index is 358. The highest BCUT2D eigenvalue weighted by atomic mass is 79.9. The molecule has 0 amide bonds. The molecule has 2 N–H and O–H groups in total. The Kier molecular flexibility index (Phi) is 4.35. The van der Waals surface area contributed by atoms with E-state index < -0.39 is 11.7 Å². The number of hydrogen-bond donors (Lipinski definition) is 2. The molecule has 0 radical (unpaired) electrons. The Morgan fingerprint density at radius 3 is 2.56 bits per heavy atom. The highest BCUT2D eigenvalue weighted by Crippen LogP contribution is 2.26. The summed E-state index contributed by atoms with van der Waals surface area (Å²) in [5.74, 6) is 0.714. The zero-order chi connectivity index (χ0) is 12.3. The average Bonchev–Trinajstić information content (AvgIpc) is 2.16. The molecule has 1 aromatic carbocycles. The summed E-state index contributed by atoms with van der Waals surface area (Å²) in [4.78, 5) is 0. The first-order valence-electron chi connectivity index (χ1n) is 5.07. The molecule has 1 aromatic rings. The minimum atomic E-state index is -1.12. The Morgan fingerprint density at radius 1 is 1.44 bits per heavy atom. The first-order chi connectivity index (χ1) is 7.34. The average molecular weight is 289 g/mol. The summed E-state index contributed by atoms with van der Waals surface area (Å²) in [7, 11) is 1.59. The highest BCUT2D eigenvalue weighted by molar-refractivity contribution is 9.10. The maximum Gasteiger partial charge on any atom is 0.122 e. The van der Waals surface area contributed by atoms with Crippen molar-refractivity contribution in [2.24, 2.45) is 0 Å². The predicted molar refractivity (Wildman–Crippen MR) is 66.7 cm³/mol. The third-order valence-electron chi connectivity index (χ3n) is 2.47. The lowest BCUT2D eigenvalue weighted by molar-refractivity contribution is -0.0471. The van der Waals surface area contributed by atoms with Gasteiger partial charge in [-0.15, -0.1) is 0 Å². The summed E-state index contributed by atoms with van der Waals surface area (Å²) in [5, 5.41) is 19.5. The second-order valence-electron chi connectivity index (χ2n) is 4.33.